The van der Waals surface area contributed by atoms with E-state index in [1.165, 1.54) is 0 Å². The molecule has 0 aromatic heterocycles. The van der Waals surface area contributed by atoms with Gasteiger partial charge in [-0.2, -0.15) is 4.89 Å². The van der Waals surface area contributed by atoms with Gasteiger partial charge in [-0.1, -0.05) is 6.92 Å². The van der Waals surface area contributed by atoms with Crippen LogP contribution < -0.4 is 0 Å². The molecule has 0 fully saturated rings. The summed E-state index contributed by atoms with van der Waals surface area (Å²) in [6, 6.07) is 0. The second kappa shape index (κ2) is 2.28. The summed E-state index contributed by atoms with van der Waals surface area (Å²) in [7, 11) is 0. The molecule has 0 saturated heterocycles. The van der Waals surface area contributed by atoms with E-state index >= 15 is 0 Å². The smallest absolute Gasteiger partial charge is 0.101 e. The Balaban J connectivity index is 3.36. The van der Waals surface area contributed by atoms with Crippen LogP contribution in [0.4, 0.5) is 0 Å². The Labute approximate surface area is 44.0 Å². The molecular formula is C5H10O2. The van der Waals surface area contributed by atoms with Crippen LogP contribution in [0, 0.1) is 6.92 Å². The monoisotopic (exact) mass is 102 g/mol. The summed E-state index contributed by atoms with van der Waals surface area (Å²) < 4.78 is 0. The van der Waals surface area contributed by atoms with Crippen molar-refractivity contribution in [2.75, 3.05) is 0 Å². The molecule has 0 bridgehead atoms. The van der Waals surface area contributed by atoms with Crippen LogP contribution in [-0.2, 0) is 10.1 Å². The molecule has 0 unspecified atom stereocenters. The fourth-order valence-corrected chi connectivity index (χ4v) is 0.0417. The highest BCUT2D eigenvalue weighted by Crippen LogP contribution is 2.10. The van der Waals surface area contributed by atoms with Crippen molar-refractivity contribution in [3.05, 3.63) is 6.92 Å². The van der Waals surface area contributed by atoms with Crippen molar-refractivity contribution in [1.82, 2.24) is 0 Å². The molecule has 0 aromatic carbocycles. The first-order chi connectivity index (χ1) is 3.12. The van der Waals surface area contributed by atoms with Gasteiger partial charge in [-0.05, 0) is 25.5 Å². The van der Waals surface area contributed by atoms with Crippen LogP contribution in [0.2, 0.25) is 0 Å². The van der Waals surface area contributed by atoms with Crippen LogP contribution in [0.3, 0.4) is 0 Å². The van der Waals surface area contributed by atoms with Crippen molar-refractivity contribution in [3.8, 4) is 0 Å². The Morgan fingerprint density at radius 3 is 2.14 bits per heavy atom. The fourth-order valence-electron chi connectivity index (χ4n) is 0.0417. The molecule has 0 aliphatic carbocycles. The van der Waals surface area contributed by atoms with Gasteiger partial charge in [0.1, 0.15) is 5.60 Å². The summed E-state index contributed by atoms with van der Waals surface area (Å²) in [6.45, 7) is 6.91. The van der Waals surface area contributed by atoms with Crippen LogP contribution >= 0.6 is 0 Å². The van der Waals surface area contributed by atoms with E-state index < -0.39 is 5.60 Å². The van der Waals surface area contributed by atoms with Crippen molar-refractivity contribution in [2.24, 2.45) is 0 Å². The average molecular weight is 102 g/mol. The van der Waals surface area contributed by atoms with E-state index in [0.29, 0.717) is 6.42 Å². The summed E-state index contributed by atoms with van der Waals surface area (Å²) in [4.78, 5) is 3.77. The largest absolute Gasteiger partial charge is 0.198 e. The molecule has 0 spiro atoms. The van der Waals surface area contributed by atoms with E-state index in [9.17, 15) is 5.26 Å². The molecule has 0 aromatic rings. The average Bonchev–Trinajstić information content (AvgIpc) is 1.68. The van der Waals surface area contributed by atoms with Gasteiger partial charge < -0.3 is 0 Å². The highest BCUT2D eigenvalue weighted by molar-refractivity contribution is 4.66. The Bertz CT molecular complexity index is 44.0. The fraction of sp³-hybridized carbons (Fsp3) is 0.800. The molecule has 0 aliphatic rings. The van der Waals surface area contributed by atoms with Crippen LogP contribution in [0.1, 0.15) is 20.3 Å². The zero-order valence-corrected chi connectivity index (χ0v) is 4.73. The molecule has 0 atom stereocenters. The number of hydrogen-bond acceptors (Lipinski definition) is 1. The minimum absolute atomic E-state index is 0.510. The van der Waals surface area contributed by atoms with Gasteiger partial charge in [0, 0.05) is 0 Å². The SMILES string of the molecule is [CH2]CC(C)(C)O[O]. The molecule has 0 N–H and O–H groups in total. The lowest BCUT2D eigenvalue weighted by Crippen LogP contribution is -2.19. The van der Waals surface area contributed by atoms with Crippen LogP contribution in [0.5, 0.6) is 0 Å². The lowest BCUT2D eigenvalue weighted by atomic mass is 10.1. The predicted molar refractivity (Wildman–Crippen MR) is 25.8 cm³/mol. The molecule has 7 heavy (non-hydrogen) atoms. The predicted octanol–water partition coefficient (Wildman–Crippen LogP) is 1.35. The first kappa shape index (κ1) is 6.92. The minimum Gasteiger partial charge on any atom is -0.198 e. The molecule has 0 amide bonds. The first-order valence-corrected chi connectivity index (χ1v) is 2.22. The Morgan fingerprint density at radius 2 is 2.14 bits per heavy atom. The van der Waals surface area contributed by atoms with Crippen LogP contribution in [-0.4, -0.2) is 5.60 Å². The summed E-state index contributed by atoms with van der Waals surface area (Å²) in [5.41, 5.74) is -0.583. The van der Waals surface area contributed by atoms with Gasteiger partial charge in [0.15, 0.2) is 0 Å². The van der Waals surface area contributed by atoms with Gasteiger partial charge in [0.25, 0.3) is 0 Å². The lowest BCUT2D eigenvalue weighted by molar-refractivity contribution is -0.364. The maximum Gasteiger partial charge on any atom is 0.101 e. The molecule has 2 radical (unpaired) electrons. The molecule has 0 aliphatic heterocycles. The van der Waals surface area contributed by atoms with Gasteiger partial charge in [0.05, 0.1) is 0 Å². The van der Waals surface area contributed by atoms with Crippen molar-refractivity contribution in [3.63, 3.8) is 0 Å². The molecule has 0 saturated carbocycles. The van der Waals surface area contributed by atoms with Crippen molar-refractivity contribution < 1.29 is 10.1 Å². The summed E-state index contributed by atoms with van der Waals surface area (Å²) in [5.74, 6) is 0. The number of hydrogen-bond donors (Lipinski definition) is 0. The van der Waals surface area contributed by atoms with Gasteiger partial charge in [-0.25, -0.2) is 0 Å². The Kier molecular flexibility index (Phi) is 2.26. The topological polar surface area (TPSA) is 29.1 Å². The van der Waals surface area contributed by atoms with E-state index in [-0.39, 0.29) is 0 Å². The van der Waals surface area contributed by atoms with Crippen molar-refractivity contribution >= 4 is 0 Å². The third-order valence-corrected chi connectivity index (χ3v) is 0.828. The second-order valence-corrected chi connectivity index (χ2v) is 2.09. The third kappa shape index (κ3) is 2.60. The van der Waals surface area contributed by atoms with Crippen LogP contribution in [0.25, 0.3) is 0 Å². The summed E-state index contributed by atoms with van der Waals surface area (Å²) in [5, 5.41) is 9.64. The van der Waals surface area contributed by atoms with Gasteiger partial charge >= 0.3 is 0 Å². The van der Waals surface area contributed by atoms with E-state index in [2.05, 4.69) is 11.8 Å². The molecule has 0 rings (SSSR count). The maximum atomic E-state index is 9.64. The normalized spacial score (nSPS) is 12.0. The van der Waals surface area contributed by atoms with Crippen LogP contribution in [0.15, 0.2) is 0 Å². The summed E-state index contributed by atoms with van der Waals surface area (Å²) in [6.07, 6.45) is 0.510. The van der Waals surface area contributed by atoms with Crippen molar-refractivity contribution in [1.29, 1.82) is 0 Å². The quantitative estimate of drug-likeness (QED) is 0.382. The van der Waals surface area contributed by atoms with E-state index in [1.54, 1.807) is 13.8 Å². The zero-order valence-electron chi connectivity index (χ0n) is 4.73. The highest BCUT2D eigenvalue weighted by atomic mass is 17.1. The molecule has 2 nitrogen and oxygen atoms in total. The highest BCUT2D eigenvalue weighted by Gasteiger charge is 2.14. The molecule has 2 heteroatoms. The van der Waals surface area contributed by atoms with E-state index in [1.807, 2.05) is 0 Å². The third-order valence-electron chi connectivity index (χ3n) is 0.828. The Hall–Kier alpha value is -0.0800. The van der Waals surface area contributed by atoms with E-state index in [4.69, 9.17) is 0 Å². The second-order valence-electron chi connectivity index (χ2n) is 2.09. The van der Waals surface area contributed by atoms with Gasteiger partial charge in [-0.15, -0.1) is 0 Å². The molecule has 0 heterocycles. The minimum atomic E-state index is -0.583. The van der Waals surface area contributed by atoms with Crippen molar-refractivity contribution in [2.45, 2.75) is 25.9 Å². The Morgan fingerprint density at radius 1 is 1.71 bits per heavy atom. The molecular weight excluding hydrogens is 92.1 g/mol. The van der Waals surface area contributed by atoms with Gasteiger partial charge in [-0.3, -0.25) is 0 Å². The zero-order chi connectivity index (χ0) is 5.91. The standard InChI is InChI=1S/C5H10O2/c1-4-5(2,3)7-6/h1,4H2,2-3H3. The molecule has 42 valence electrons. The lowest BCUT2D eigenvalue weighted by Gasteiger charge is -2.14. The summed E-state index contributed by atoms with van der Waals surface area (Å²) >= 11 is 0. The number of rotatable bonds is 2. The first-order valence-electron chi connectivity index (χ1n) is 2.22. The van der Waals surface area contributed by atoms with Gasteiger partial charge in [0.2, 0.25) is 0 Å². The maximum absolute atomic E-state index is 9.64. The van der Waals surface area contributed by atoms with E-state index in [0.717, 1.165) is 0 Å².